The average molecular weight is 555 g/mol. The van der Waals surface area contributed by atoms with E-state index in [2.05, 4.69) is 56.7 Å². The lowest BCUT2D eigenvalue weighted by Crippen LogP contribution is -2.43. The maximum Gasteiger partial charge on any atom is 0.191 e. The second kappa shape index (κ2) is 13.6. The summed E-state index contributed by atoms with van der Waals surface area (Å²) in [5, 5.41) is 6.54. The predicted octanol–water partition coefficient (Wildman–Crippen LogP) is 3.32. The third-order valence-electron chi connectivity index (χ3n) is 5.43. The van der Waals surface area contributed by atoms with Gasteiger partial charge in [0.1, 0.15) is 6.10 Å². The number of aliphatic imine (C=N–C) groups is 1. The van der Waals surface area contributed by atoms with Gasteiger partial charge in [0, 0.05) is 46.3 Å². The Morgan fingerprint density at radius 2 is 1.69 bits per heavy atom. The van der Waals surface area contributed by atoms with E-state index < -0.39 is 0 Å². The molecule has 1 unspecified atom stereocenters. The molecular weight excluding hydrogens is 520 g/mol. The summed E-state index contributed by atoms with van der Waals surface area (Å²) in [4.78, 5) is 9.13. The van der Waals surface area contributed by atoms with Gasteiger partial charge in [-0.3, -0.25) is 9.89 Å². The normalized spacial score (nSPS) is 16.2. The molecule has 1 atom stereocenters. The van der Waals surface area contributed by atoms with Crippen LogP contribution in [-0.2, 0) is 13.1 Å². The van der Waals surface area contributed by atoms with Crippen LogP contribution in [0.1, 0.15) is 18.1 Å². The van der Waals surface area contributed by atoms with E-state index in [0.29, 0.717) is 19.0 Å². The highest BCUT2D eigenvalue weighted by molar-refractivity contribution is 14.0. The monoisotopic (exact) mass is 555 g/mol. The number of ether oxygens (including phenoxy) is 1. The largest absolute Gasteiger partial charge is 0.486 e. The molecule has 0 spiro atoms. The minimum atomic E-state index is -0.354. The molecule has 8 heteroatoms. The van der Waals surface area contributed by atoms with E-state index in [0.717, 1.165) is 32.7 Å². The van der Waals surface area contributed by atoms with Crippen molar-refractivity contribution in [2.24, 2.45) is 4.99 Å². The molecule has 2 aromatic rings. The first-order chi connectivity index (χ1) is 15.0. The van der Waals surface area contributed by atoms with Crippen LogP contribution in [-0.4, -0.2) is 68.7 Å². The number of hydrogen-bond donors (Lipinski definition) is 2. The highest BCUT2D eigenvalue weighted by atomic mass is 127. The lowest BCUT2D eigenvalue weighted by atomic mass is 10.1. The van der Waals surface area contributed by atoms with Crippen molar-refractivity contribution in [2.75, 3.05) is 46.8 Å². The number of halogens is 2. The maximum absolute atomic E-state index is 13.7. The van der Waals surface area contributed by atoms with Crippen molar-refractivity contribution in [3.8, 4) is 5.75 Å². The molecule has 2 aromatic carbocycles. The van der Waals surface area contributed by atoms with Gasteiger partial charge >= 0.3 is 0 Å². The Labute approximate surface area is 208 Å². The van der Waals surface area contributed by atoms with Crippen molar-refractivity contribution in [1.82, 2.24) is 20.4 Å². The lowest BCUT2D eigenvalue weighted by Gasteiger charge is -2.32. The number of nitrogens with one attached hydrogen (secondary N) is 2. The number of rotatable bonds is 8. The van der Waals surface area contributed by atoms with Crippen molar-refractivity contribution in [2.45, 2.75) is 26.1 Å². The third kappa shape index (κ3) is 8.55. The van der Waals surface area contributed by atoms with E-state index in [4.69, 9.17) is 4.74 Å². The molecule has 2 N–H and O–H groups in total. The zero-order valence-electron chi connectivity index (χ0n) is 19.2. The first kappa shape index (κ1) is 26.3. The predicted molar refractivity (Wildman–Crippen MR) is 139 cm³/mol. The summed E-state index contributed by atoms with van der Waals surface area (Å²) in [5.74, 6) is 0.592. The van der Waals surface area contributed by atoms with Crippen LogP contribution in [0, 0.1) is 5.82 Å². The fourth-order valence-electron chi connectivity index (χ4n) is 3.47. The molecule has 3 rings (SSSR count). The van der Waals surface area contributed by atoms with Crippen LogP contribution in [0.3, 0.4) is 0 Å². The highest BCUT2D eigenvalue weighted by Gasteiger charge is 2.13. The number of piperazine rings is 1. The lowest BCUT2D eigenvalue weighted by molar-refractivity contribution is 0.148. The van der Waals surface area contributed by atoms with Gasteiger partial charge in [0.25, 0.3) is 0 Å². The van der Waals surface area contributed by atoms with Gasteiger partial charge in [-0.05, 0) is 37.2 Å². The number of guanidine groups is 1. The Bertz CT molecular complexity index is 841. The summed E-state index contributed by atoms with van der Waals surface area (Å²) in [6, 6.07) is 15.2. The molecule has 0 amide bonds. The van der Waals surface area contributed by atoms with E-state index in [9.17, 15) is 4.39 Å². The van der Waals surface area contributed by atoms with E-state index in [1.807, 2.05) is 6.92 Å². The minimum absolute atomic E-state index is 0. The summed E-state index contributed by atoms with van der Waals surface area (Å²) in [6.45, 7) is 8.61. The van der Waals surface area contributed by atoms with Gasteiger partial charge in [-0.2, -0.15) is 0 Å². The van der Waals surface area contributed by atoms with Crippen LogP contribution in [0.25, 0.3) is 0 Å². The van der Waals surface area contributed by atoms with Gasteiger partial charge in [0.2, 0.25) is 0 Å². The number of nitrogens with zero attached hydrogens (tertiary/aromatic N) is 3. The molecule has 1 aliphatic heterocycles. The molecule has 176 valence electrons. The summed E-state index contributed by atoms with van der Waals surface area (Å²) < 4.78 is 19.4. The molecule has 1 saturated heterocycles. The second-order valence-corrected chi connectivity index (χ2v) is 8.06. The first-order valence-corrected chi connectivity index (χ1v) is 10.9. The van der Waals surface area contributed by atoms with Crippen LogP contribution in [0.15, 0.2) is 53.5 Å². The van der Waals surface area contributed by atoms with Crippen molar-refractivity contribution in [1.29, 1.82) is 0 Å². The Morgan fingerprint density at radius 1 is 1.03 bits per heavy atom. The van der Waals surface area contributed by atoms with E-state index in [-0.39, 0.29) is 41.6 Å². The fourth-order valence-corrected chi connectivity index (χ4v) is 3.47. The quantitative estimate of drug-likeness (QED) is 0.298. The maximum atomic E-state index is 13.7. The van der Waals surface area contributed by atoms with Crippen LogP contribution in [0.5, 0.6) is 5.75 Å². The number of benzene rings is 2. The van der Waals surface area contributed by atoms with Gasteiger partial charge < -0.3 is 20.3 Å². The Balaban J connectivity index is 0.00000363. The van der Waals surface area contributed by atoms with Gasteiger partial charge in [-0.1, -0.05) is 36.4 Å². The Morgan fingerprint density at radius 3 is 2.34 bits per heavy atom. The van der Waals surface area contributed by atoms with Gasteiger partial charge in [-0.15, -0.1) is 24.0 Å². The molecule has 0 bridgehead atoms. The van der Waals surface area contributed by atoms with E-state index in [1.165, 1.54) is 17.2 Å². The standard InChI is InChI=1S/C24H34FN5O.HI/c1-19(31-23-7-5-4-6-22(23)25)16-27-24(26-2)28-17-20-8-10-21(11-9-20)18-30-14-12-29(3)13-15-30;/h4-11,19H,12-18H2,1-3H3,(H2,26,27,28);1H. The number of likely N-dealkylation sites (N-methyl/N-ethyl adjacent to an activating group) is 1. The van der Waals surface area contributed by atoms with Crippen molar-refractivity contribution in [3.63, 3.8) is 0 Å². The Kier molecular flexibility index (Phi) is 11.2. The van der Waals surface area contributed by atoms with Crippen molar-refractivity contribution in [3.05, 3.63) is 65.5 Å². The third-order valence-corrected chi connectivity index (χ3v) is 5.43. The molecule has 0 aliphatic carbocycles. The second-order valence-electron chi connectivity index (χ2n) is 8.06. The fraction of sp³-hybridized carbons (Fsp3) is 0.458. The molecule has 1 aliphatic rings. The molecule has 1 heterocycles. The summed E-state index contributed by atoms with van der Waals surface area (Å²) >= 11 is 0. The smallest absolute Gasteiger partial charge is 0.191 e. The van der Waals surface area contributed by atoms with Crippen LogP contribution >= 0.6 is 24.0 Å². The van der Waals surface area contributed by atoms with E-state index >= 15 is 0 Å². The molecule has 6 nitrogen and oxygen atoms in total. The summed E-state index contributed by atoms with van der Waals surface area (Å²) in [6.07, 6.45) is -0.204. The minimum Gasteiger partial charge on any atom is -0.486 e. The van der Waals surface area contributed by atoms with E-state index in [1.54, 1.807) is 25.2 Å². The molecule has 0 saturated carbocycles. The first-order valence-electron chi connectivity index (χ1n) is 10.9. The topological polar surface area (TPSA) is 52.1 Å². The molecular formula is C24H35FIN5O. The molecule has 0 radical (unpaired) electrons. The average Bonchev–Trinajstić information content (AvgIpc) is 2.78. The van der Waals surface area contributed by atoms with Crippen LogP contribution in [0.4, 0.5) is 4.39 Å². The van der Waals surface area contributed by atoms with Crippen LogP contribution in [0.2, 0.25) is 0 Å². The molecule has 0 aromatic heterocycles. The summed E-state index contributed by atoms with van der Waals surface area (Å²) in [7, 11) is 3.91. The number of para-hydroxylation sites is 1. The van der Waals surface area contributed by atoms with Gasteiger partial charge in [-0.25, -0.2) is 4.39 Å². The molecule has 32 heavy (non-hydrogen) atoms. The summed E-state index contributed by atoms with van der Waals surface area (Å²) in [5.41, 5.74) is 2.54. The SMILES string of the molecule is CN=C(NCc1ccc(CN2CCN(C)CC2)cc1)NCC(C)Oc1ccccc1F.I. The van der Waals surface area contributed by atoms with Crippen LogP contribution < -0.4 is 15.4 Å². The Hall–Kier alpha value is -1.91. The number of hydrogen-bond acceptors (Lipinski definition) is 4. The van der Waals surface area contributed by atoms with Gasteiger partial charge in [0.15, 0.2) is 17.5 Å². The zero-order chi connectivity index (χ0) is 22.1. The highest BCUT2D eigenvalue weighted by Crippen LogP contribution is 2.16. The van der Waals surface area contributed by atoms with Crippen molar-refractivity contribution < 1.29 is 9.13 Å². The zero-order valence-corrected chi connectivity index (χ0v) is 21.5. The van der Waals surface area contributed by atoms with Gasteiger partial charge in [0.05, 0.1) is 6.54 Å². The molecule has 1 fully saturated rings. The van der Waals surface area contributed by atoms with Crippen molar-refractivity contribution >= 4 is 29.9 Å².